The number of ether oxygens (including phenoxy) is 1. The molecule has 5 nitrogen and oxygen atoms in total. The molecule has 9 heteroatoms. The van der Waals surface area contributed by atoms with E-state index >= 15 is 0 Å². The molecule has 2 aromatic carbocycles. The highest BCUT2D eigenvalue weighted by molar-refractivity contribution is 7.99. The standard InChI is InChI=1S/C18H14Cl3N3O2S/c1-24-17(9-26-13-5-3-12(19)4-6-13)22-23-18(24)27-10-16(25)11-2-7-14(20)15(21)8-11/h2-8H,9-10H2,1H3. The van der Waals surface area contributed by atoms with Crippen molar-refractivity contribution in [3.63, 3.8) is 0 Å². The number of thioether (sulfide) groups is 1. The van der Waals surface area contributed by atoms with Gasteiger partial charge in [0, 0.05) is 17.6 Å². The summed E-state index contributed by atoms with van der Waals surface area (Å²) in [5.74, 6) is 1.48. The molecule has 0 fully saturated rings. The highest BCUT2D eigenvalue weighted by Gasteiger charge is 2.14. The van der Waals surface area contributed by atoms with Crippen molar-refractivity contribution in [2.24, 2.45) is 7.05 Å². The normalized spacial score (nSPS) is 10.8. The number of hydrogen-bond donors (Lipinski definition) is 0. The van der Waals surface area contributed by atoms with Gasteiger partial charge in [0.15, 0.2) is 16.8 Å². The van der Waals surface area contributed by atoms with Crippen LogP contribution in [-0.2, 0) is 13.7 Å². The number of hydrogen-bond acceptors (Lipinski definition) is 5. The van der Waals surface area contributed by atoms with Gasteiger partial charge in [-0.15, -0.1) is 10.2 Å². The molecule has 0 aliphatic rings. The molecule has 3 aromatic rings. The minimum Gasteiger partial charge on any atom is -0.486 e. The maximum Gasteiger partial charge on any atom is 0.191 e. The smallest absolute Gasteiger partial charge is 0.191 e. The first-order chi connectivity index (χ1) is 12.9. The summed E-state index contributed by atoms with van der Waals surface area (Å²) in [6, 6.07) is 11.9. The van der Waals surface area contributed by atoms with Gasteiger partial charge in [0.05, 0.1) is 15.8 Å². The fourth-order valence-electron chi connectivity index (χ4n) is 2.16. The zero-order valence-corrected chi connectivity index (χ0v) is 17.2. The second-order valence-electron chi connectivity index (χ2n) is 5.54. The molecule has 27 heavy (non-hydrogen) atoms. The molecule has 0 saturated carbocycles. The van der Waals surface area contributed by atoms with E-state index in [9.17, 15) is 4.79 Å². The van der Waals surface area contributed by atoms with Crippen molar-refractivity contribution in [3.8, 4) is 5.75 Å². The van der Waals surface area contributed by atoms with Gasteiger partial charge in [-0.2, -0.15) is 0 Å². The highest BCUT2D eigenvalue weighted by Crippen LogP contribution is 2.24. The van der Waals surface area contributed by atoms with Crippen molar-refractivity contribution >= 4 is 52.3 Å². The summed E-state index contributed by atoms with van der Waals surface area (Å²) in [6.07, 6.45) is 0. The topological polar surface area (TPSA) is 57.0 Å². The first-order valence-electron chi connectivity index (χ1n) is 7.81. The summed E-state index contributed by atoms with van der Waals surface area (Å²) in [5, 5.41) is 10.3. The first-order valence-corrected chi connectivity index (χ1v) is 9.93. The van der Waals surface area contributed by atoms with Crippen LogP contribution < -0.4 is 4.74 Å². The fourth-order valence-corrected chi connectivity index (χ4v) is 3.41. The minimum absolute atomic E-state index is 0.0690. The number of Topliss-reactive ketones (excluding diaryl/α,β-unsaturated/α-hetero) is 1. The maximum atomic E-state index is 12.3. The van der Waals surface area contributed by atoms with Gasteiger partial charge in [-0.05, 0) is 42.5 Å². The monoisotopic (exact) mass is 441 g/mol. The van der Waals surface area contributed by atoms with Crippen molar-refractivity contribution < 1.29 is 9.53 Å². The molecule has 0 unspecified atom stereocenters. The van der Waals surface area contributed by atoms with Crippen molar-refractivity contribution in [1.29, 1.82) is 0 Å². The van der Waals surface area contributed by atoms with E-state index in [4.69, 9.17) is 39.5 Å². The van der Waals surface area contributed by atoms with Crippen LogP contribution in [0.25, 0.3) is 0 Å². The summed E-state index contributed by atoms with van der Waals surface area (Å²) in [4.78, 5) is 12.3. The van der Waals surface area contributed by atoms with Crippen molar-refractivity contribution in [2.45, 2.75) is 11.8 Å². The molecule has 140 valence electrons. The Hall–Kier alpha value is -1.73. The first kappa shape index (κ1) is 20.0. The van der Waals surface area contributed by atoms with Gasteiger partial charge in [0.2, 0.25) is 0 Å². The molecule has 0 amide bonds. The Morgan fingerprint density at radius 1 is 1.07 bits per heavy atom. The molecule has 0 atom stereocenters. The van der Waals surface area contributed by atoms with E-state index in [1.807, 2.05) is 7.05 Å². The van der Waals surface area contributed by atoms with Crippen LogP contribution in [0.5, 0.6) is 5.75 Å². The van der Waals surface area contributed by atoms with Crippen LogP contribution in [-0.4, -0.2) is 26.3 Å². The Balaban J connectivity index is 1.59. The zero-order chi connectivity index (χ0) is 19.4. The second-order valence-corrected chi connectivity index (χ2v) is 7.73. The largest absolute Gasteiger partial charge is 0.486 e. The summed E-state index contributed by atoms with van der Waals surface area (Å²) in [7, 11) is 1.83. The molecule has 0 N–H and O–H groups in total. The van der Waals surface area contributed by atoms with Gasteiger partial charge in [0.25, 0.3) is 0 Å². The molecule has 3 rings (SSSR count). The van der Waals surface area contributed by atoms with Gasteiger partial charge in [-0.25, -0.2) is 0 Å². The Labute approximate surface area is 175 Å². The quantitative estimate of drug-likeness (QED) is 0.366. The number of halogens is 3. The van der Waals surface area contributed by atoms with Crippen LogP contribution >= 0.6 is 46.6 Å². The SMILES string of the molecule is Cn1c(COc2ccc(Cl)cc2)nnc1SCC(=O)c1ccc(Cl)c(Cl)c1. The van der Waals surface area contributed by atoms with Gasteiger partial charge in [-0.1, -0.05) is 46.6 Å². The van der Waals surface area contributed by atoms with Crippen LogP contribution in [0, 0.1) is 0 Å². The molecule has 0 radical (unpaired) electrons. The average molecular weight is 443 g/mol. The predicted octanol–water partition coefficient (Wildman–Crippen LogP) is 5.33. The molecule has 0 bridgehead atoms. The molecular formula is C18H14Cl3N3O2S. The van der Waals surface area contributed by atoms with Crippen molar-refractivity contribution in [1.82, 2.24) is 14.8 Å². The summed E-state index contributed by atoms with van der Waals surface area (Å²) in [5.41, 5.74) is 0.505. The Morgan fingerprint density at radius 3 is 2.52 bits per heavy atom. The lowest BCUT2D eigenvalue weighted by Crippen LogP contribution is -2.06. The number of nitrogens with zero attached hydrogens (tertiary/aromatic N) is 3. The Morgan fingerprint density at radius 2 is 1.81 bits per heavy atom. The molecule has 0 aliphatic heterocycles. The Kier molecular flexibility index (Phi) is 6.65. The fraction of sp³-hybridized carbons (Fsp3) is 0.167. The van der Waals surface area contributed by atoms with Gasteiger partial charge >= 0.3 is 0 Å². The van der Waals surface area contributed by atoms with Crippen LogP contribution in [0.15, 0.2) is 47.6 Å². The predicted molar refractivity (Wildman–Crippen MR) is 108 cm³/mol. The maximum absolute atomic E-state index is 12.3. The zero-order valence-electron chi connectivity index (χ0n) is 14.2. The lowest BCUT2D eigenvalue weighted by molar-refractivity contribution is 0.102. The van der Waals surface area contributed by atoms with E-state index in [1.54, 1.807) is 47.0 Å². The number of benzene rings is 2. The van der Waals surface area contributed by atoms with E-state index in [-0.39, 0.29) is 18.1 Å². The van der Waals surface area contributed by atoms with E-state index in [0.717, 1.165) is 0 Å². The number of aromatic nitrogens is 3. The number of ketones is 1. The molecule has 0 aliphatic carbocycles. The number of carbonyl (C=O) groups is 1. The van der Waals surface area contributed by atoms with E-state index in [2.05, 4.69) is 10.2 Å². The molecular weight excluding hydrogens is 429 g/mol. The van der Waals surface area contributed by atoms with Gasteiger partial charge in [-0.3, -0.25) is 4.79 Å². The molecule has 0 saturated heterocycles. The Bertz CT molecular complexity index is 961. The summed E-state index contributed by atoms with van der Waals surface area (Å²) < 4.78 is 7.47. The van der Waals surface area contributed by atoms with Crippen molar-refractivity contribution in [3.05, 3.63) is 68.9 Å². The second kappa shape index (κ2) is 8.97. The highest BCUT2D eigenvalue weighted by atomic mass is 35.5. The van der Waals surface area contributed by atoms with E-state index < -0.39 is 0 Å². The summed E-state index contributed by atoms with van der Waals surface area (Å²) >= 11 is 19.0. The van der Waals surface area contributed by atoms with E-state index in [1.165, 1.54) is 11.8 Å². The van der Waals surface area contributed by atoms with Crippen LogP contribution in [0.3, 0.4) is 0 Å². The van der Waals surface area contributed by atoms with E-state index in [0.29, 0.717) is 37.4 Å². The van der Waals surface area contributed by atoms with Gasteiger partial charge in [0.1, 0.15) is 12.4 Å². The van der Waals surface area contributed by atoms with Crippen LogP contribution in [0.4, 0.5) is 0 Å². The number of carbonyl (C=O) groups excluding carboxylic acids is 1. The lowest BCUT2D eigenvalue weighted by atomic mass is 10.1. The third-order valence-electron chi connectivity index (χ3n) is 3.68. The van der Waals surface area contributed by atoms with Gasteiger partial charge < -0.3 is 9.30 Å². The minimum atomic E-state index is -0.0690. The number of rotatable bonds is 7. The molecule has 1 heterocycles. The third-order valence-corrected chi connectivity index (χ3v) is 5.69. The summed E-state index contributed by atoms with van der Waals surface area (Å²) in [6.45, 7) is 0.256. The van der Waals surface area contributed by atoms with Crippen LogP contribution in [0.2, 0.25) is 15.1 Å². The average Bonchev–Trinajstić information content (AvgIpc) is 3.01. The van der Waals surface area contributed by atoms with Crippen molar-refractivity contribution in [2.75, 3.05) is 5.75 Å². The third kappa shape index (κ3) is 5.17. The lowest BCUT2D eigenvalue weighted by Gasteiger charge is -2.07. The van der Waals surface area contributed by atoms with Crippen LogP contribution in [0.1, 0.15) is 16.2 Å². The molecule has 0 spiro atoms. The molecule has 1 aromatic heterocycles.